The van der Waals surface area contributed by atoms with Crippen molar-refractivity contribution >= 4 is 10.8 Å². The van der Waals surface area contributed by atoms with Gasteiger partial charge in [-0.2, -0.15) is 5.10 Å². The van der Waals surface area contributed by atoms with Crippen LogP contribution in [-0.2, 0) is 4.74 Å². The molecular weight excluding hydrogens is 386 g/mol. The van der Waals surface area contributed by atoms with Crippen molar-refractivity contribution in [2.75, 3.05) is 13.7 Å². The van der Waals surface area contributed by atoms with E-state index in [2.05, 4.69) is 66.2 Å². The van der Waals surface area contributed by atoms with E-state index in [9.17, 15) is 0 Å². The highest BCUT2D eigenvalue weighted by molar-refractivity contribution is 5.89. The zero-order valence-corrected chi connectivity index (χ0v) is 18.4. The van der Waals surface area contributed by atoms with Crippen LogP contribution in [0, 0.1) is 6.92 Å². The fraction of sp³-hybridized carbons (Fsp3) is 0.346. The van der Waals surface area contributed by atoms with Crippen LogP contribution in [0.1, 0.15) is 49.7 Å². The van der Waals surface area contributed by atoms with Crippen LogP contribution in [0.3, 0.4) is 0 Å². The third-order valence-electron chi connectivity index (χ3n) is 6.51. The van der Waals surface area contributed by atoms with Gasteiger partial charge in [-0.15, -0.1) is 0 Å². The molecular formula is C26H29N3O2. The number of aromatic nitrogens is 3. The lowest BCUT2D eigenvalue weighted by molar-refractivity contribution is -0.0394. The first-order valence-electron chi connectivity index (χ1n) is 11.1. The fourth-order valence-electron chi connectivity index (χ4n) is 4.59. The van der Waals surface area contributed by atoms with Gasteiger partial charge < -0.3 is 14.0 Å². The number of benzene rings is 2. The van der Waals surface area contributed by atoms with Crippen molar-refractivity contribution in [2.45, 2.75) is 45.4 Å². The molecule has 5 rings (SSSR count). The summed E-state index contributed by atoms with van der Waals surface area (Å²) in [6, 6.07) is 15.3. The van der Waals surface area contributed by atoms with Gasteiger partial charge >= 0.3 is 0 Å². The molecule has 2 atom stereocenters. The smallest absolute Gasteiger partial charge is 0.150 e. The predicted molar refractivity (Wildman–Crippen MR) is 124 cm³/mol. The Balaban J connectivity index is 1.44. The van der Waals surface area contributed by atoms with E-state index in [1.165, 1.54) is 34.0 Å². The molecule has 1 aliphatic heterocycles. The molecule has 0 amide bonds. The van der Waals surface area contributed by atoms with Crippen LogP contribution in [-0.4, -0.2) is 28.1 Å². The molecule has 4 aromatic rings. The third-order valence-corrected chi connectivity index (χ3v) is 6.51. The van der Waals surface area contributed by atoms with Gasteiger partial charge in [0.05, 0.1) is 19.3 Å². The number of hydrogen-bond donors (Lipinski definition) is 0. The van der Waals surface area contributed by atoms with Gasteiger partial charge in [-0.3, -0.25) is 0 Å². The third kappa shape index (κ3) is 3.74. The van der Waals surface area contributed by atoms with Gasteiger partial charge in [-0.1, -0.05) is 24.3 Å². The normalized spacial score (nSPS) is 17.7. The van der Waals surface area contributed by atoms with Gasteiger partial charge in [0.2, 0.25) is 0 Å². The first-order chi connectivity index (χ1) is 15.1. The molecule has 0 spiro atoms. The Kier molecular flexibility index (Phi) is 5.28. The van der Waals surface area contributed by atoms with Crippen LogP contribution in [0.4, 0.5) is 0 Å². The number of nitrogens with zero attached hydrogens (tertiary/aromatic N) is 3. The van der Waals surface area contributed by atoms with Crippen LogP contribution < -0.4 is 4.74 Å². The summed E-state index contributed by atoms with van der Waals surface area (Å²) in [5.74, 6) is 0.883. The van der Waals surface area contributed by atoms with Crippen molar-refractivity contribution in [3.05, 3.63) is 72.3 Å². The molecule has 1 fully saturated rings. The molecule has 0 N–H and O–H groups in total. The van der Waals surface area contributed by atoms with Crippen molar-refractivity contribution < 1.29 is 9.47 Å². The molecule has 0 saturated carbocycles. The summed E-state index contributed by atoms with van der Waals surface area (Å²) in [5.41, 5.74) is 4.85. The molecule has 31 heavy (non-hydrogen) atoms. The Labute approximate surface area is 183 Å². The maximum atomic E-state index is 5.87. The van der Waals surface area contributed by atoms with Crippen LogP contribution in [0.15, 0.2) is 61.1 Å². The van der Waals surface area contributed by atoms with E-state index in [1.54, 1.807) is 7.11 Å². The van der Waals surface area contributed by atoms with E-state index in [0.717, 1.165) is 30.8 Å². The van der Waals surface area contributed by atoms with Gasteiger partial charge in [-0.05, 0) is 62.4 Å². The second-order valence-corrected chi connectivity index (χ2v) is 8.40. The zero-order chi connectivity index (χ0) is 21.4. The summed E-state index contributed by atoms with van der Waals surface area (Å²) in [7, 11) is 1.70. The number of hydrogen-bond acceptors (Lipinski definition) is 3. The number of fused-ring (bicyclic) bond motifs is 1. The average molecular weight is 416 g/mol. The Hall–Kier alpha value is -3.05. The molecule has 2 aromatic heterocycles. The summed E-state index contributed by atoms with van der Waals surface area (Å²) in [6.45, 7) is 5.26. The summed E-state index contributed by atoms with van der Waals surface area (Å²) in [5, 5.41) is 7.11. The molecule has 1 unspecified atom stereocenters. The van der Waals surface area contributed by atoms with Gasteiger partial charge in [0.1, 0.15) is 12.0 Å². The van der Waals surface area contributed by atoms with Crippen LogP contribution in [0.2, 0.25) is 0 Å². The molecule has 160 valence electrons. The molecule has 5 heteroatoms. The van der Waals surface area contributed by atoms with E-state index in [-0.39, 0.29) is 12.3 Å². The van der Waals surface area contributed by atoms with Crippen molar-refractivity contribution in [1.82, 2.24) is 14.3 Å². The van der Waals surface area contributed by atoms with E-state index in [0.29, 0.717) is 0 Å². The van der Waals surface area contributed by atoms with Crippen LogP contribution in [0.5, 0.6) is 5.75 Å². The predicted octanol–water partition coefficient (Wildman–Crippen LogP) is 6.13. The van der Waals surface area contributed by atoms with E-state index in [4.69, 9.17) is 9.47 Å². The Morgan fingerprint density at radius 3 is 2.65 bits per heavy atom. The number of aryl methyl sites for hydroxylation is 1. The summed E-state index contributed by atoms with van der Waals surface area (Å²) in [6.07, 6.45) is 9.77. The maximum Gasteiger partial charge on any atom is 0.150 e. The SMILES string of the molecule is COc1ccc([C@@H](C)n2cc3cc(-c4cnn(C5CCCCO5)c4)ccc3c2C)cc1. The lowest BCUT2D eigenvalue weighted by Gasteiger charge is -2.22. The highest BCUT2D eigenvalue weighted by Gasteiger charge is 2.18. The van der Waals surface area contributed by atoms with Gasteiger partial charge in [0.15, 0.2) is 0 Å². The minimum Gasteiger partial charge on any atom is -0.497 e. The minimum atomic E-state index is 0.0694. The molecule has 2 aromatic carbocycles. The van der Waals surface area contributed by atoms with E-state index >= 15 is 0 Å². The maximum absolute atomic E-state index is 5.87. The number of methoxy groups -OCH3 is 1. The number of rotatable bonds is 5. The average Bonchev–Trinajstić information content (AvgIpc) is 3.44. The Morgan fingerprint density at radius 1 is 1.06 bits per heavy atom. The fourth-order valence-corrected chi connectivity index (χ4v) is 4.59. The van der Waals surface area contributed by atoms with Crippen molar-refractivity contribution in [3.63, 3.8) is 0 Å². The monoisotopic (exact) mass is 415 g/mol. The first-order valence-corrected chi connectivity index (χ1v) is 11.1. The minimum absolute atomic E-state index is 0.0694. The second kappa shape index (κ2) is 8.23. The Morgan fingerprint density at radius 2 is 1.90 bits per heavy atom. The topological polar surface area (TPSA) is 41.2 Å². The molecule has 1 saturated heterocycles. The van der Waals surface area contributed by atoms with Crippen molar-refractivity contribution in [1.29, 1.82) is 0 Å². The van der Waals surface area contributed by atoms with Crippen molar-refractivity contribution in [2.24, 2.45) is 0 Å². The molecule has 5 nitrogen and oxygen atoms in total. The lowest BCUT2D eigenvalue weighted by Crippen LogP contribution is -2.18. The van der Waals surface area contributed by atoms with E-state index in [1.807, 2.05) is 23.0 Å². The van der Waals surface area contributed by atoms with Gasteiger partial charge in [0, 0.05) is 41.0 Å². The quantitative estimate of drug-likeness (QED) is 0.394. The standard InChI is InChI=1S/C26H29N3O2/c1-18(20-7-10-24(30-3)11-8-20)28-16-22-14-21(9-12-25(22)19(28)2)23-15-27-29(17-23)26-6-4-5-13-31-26/h7-12,14-18,26H,4-6,13H2,1-3H3/t18-,26?/m1/s1. The summed E-state index contributed by atoms with van der Waals surface area (Å²) >= 11 is 0. The zero-order valence-electron chi connectivity index (χ0n) is 18.4. The molecule has 0 aliphatic carbocycles. The largest absolute Gasteiger partial charge is 0.497 e. The lowest BCUT2D eigenvalue weighted by atomic mass is 10.1. The Bertz CT molecular complexity index is 1180. The first kappa shape index (κ1) is 19.9. The van der Waals surface area contributed by atoms with Crippen molar-refractivity contribution in [3.8, 4) is 16.9 Å². The van der Waals surface area contributed by atoms with Gasteiger partial charge in [-0.25, -0.2) is 4.68 Å². The van der Waals surface area contributed by atoms with Crippen LogP contribution in [0.25, 0.3) is 21.9 Å². The summed E-state index contributed by atoms with van der Waals surface area (Å²) < 4.78 is 15.5. The highest BCUT2D eigenvalue weighted by atomic mass is 16.5. The van der Waals surface area contributed by atoms with Gasteiger partial charge in [0.25, 0.3) is 0 Å². The molecule has 0 bridgehead atoms. The second-order valence-electron chi connectivity index (χ2n) is 8.40. The molecule has 3 heterocycles. The van der Waals surface area contributed by atoms with Crippen LogP contribution >= 0.6 is 0 Å². The van der Waals surface area contributed by atoms with E-state index < -0.39 is 0 Å². The number of ether oxygens (including phenoxy) is 2. The molecule has 0 radical (unpaired) electrons. The molecule has 1 aliphatic rings. The summed E-state index contributed by atoms with van der Waals surface area (Å²) in [4.78, 5) is 0. The highest BCUT2D eigenvalue weighted by Crippen LogP contribution is 2.32.